The van der Waals surface area contributed by atoms with Crippen LogP contribution in [0, 0.1) is 0 Å². The molecule has 0 bridgehead atoms. The first-order chi connectivity index (χ1) is 24.4. The van der Waals surface area contributed by atoms with Crippen molar-refractivity contribution in [3.63, 3.8) is 0 Å². The van der Waals surface area contributed by atoms with Crippen LogP contribution in [0.1, 0.15) is 63.1 Å². The Morgan fingerprint density at radius 1 is 1.10 bits per heavy atom. The largest absolute Gasteiger partial charge is 0.494 e. The number of carbonyl (C=O) groups is 4. The first-order valence-corrected chi connectivity index (χ1v) is 16.5. The van der Waals surface area contributed by atoms with Gasteiger partial charge in [0.1, 0.15) is 12.0 Å². The second-order valence-corrected chi connectivity index (χ2v) is 12.4. The summed E-state index contributed by atoms with van der Waals surface area (Å²) in [6.07, 6.45) is 1.76. The Labute approximate surface area is 293 Å². The van der Waals surface area contributed by atoms with E-state index in [0.717, 1.165) is 18.4 Å². The fourth-order valence-corrected chi connectivity index (χ4v) is 5.74. The maximum atomic E-state index is 13.1. The average molecular weight is 705 g/mol. The summed E-state index contributed by atoms with van der Waals surface area (Å²) in [6.45, 7) is 1.37. The van der Waals surface area contributed by atoms with Crippen molar-refractivity contribution in [2.75, 3.05) is 25.5 Å². The highest BCUT2D eigenvalue weighted by Gasteiger charge is 2.31. The molecule has 0 aliphatic carbocycles. The second-order valence-electron chi connectivity index (χ2n) is 12.4. The second kappa shape index (κ2) is 16.5. The average Bonchev–Trinajstić information content (AvgIpc) is 3.54. The Morgan fingerprint density at radius 2 is 1.88 bits per heavy atom. The maximum absolute atomic E-state index is 13.1. The minimum absolute atomic E-state index is 0.262. The molecular formula is C37H39F3N6O5. The summed E-state index contributed by atoms with van der Waals surface area (Å²) in [5.41, 5.74) is 3.54. The van der Waals surface area contributed by atoms with Crippen LogP contribution in [-0.4, -0.2) is 64.7 Å². The summed E-state index contributed by atoms with van der Waals surface area (Å²) < 4.78 is 46.6. The van der Waals surface area contributed by atoms with Gasteiger partial charge in [-0.15, -0.1) is 0 Å². The molecule has 5 rings (SSSR count). The predicted octanol–water partition coefficient (Wildman–Crippen LogP) is 5.36. The molecular weight excluding hydrogens is 665 g/mol. The molecule has 3 N–H and O–H groups in total. The molecule has 14 heteroatoms. The summed E-state index contributed by atoms with van der Waals surface area (Å²) >= 11 is 0. The van der Waals surface area contributed by atoms with Crippen LogP contribution in [0.2, 0.25) is 0 Å². The molecule has 1 atom stereocenters. The molecule has 2 heterocycles. The topological polar surface area (TPSA) is 135 Å². The van der Waals surface area contributed by atoms with Crippen LogP contribution in [0.15, 0.2) is 73.2 Å². The lowest BCUT2D eigenvalue weighted by molar-refractivity contribution is -0.138. The van der Waals surface area contributed by atoms with Crippen molar-refractivity contribution in [1.82, 2.24) is 25.1 Å². The zero-order chi connectivity index (χ0) is 36.5. The zero-order valence-corrected chi connectivity index (χ0v) is 28.3. The van der Waals surface area contributed by atoms with Gasteiger partial charge in [0.2, 0.25) is 11.8 Å². The molecule has 0 radical (unpaired) electrons. The number of alkyl halides is 3. The van der Waals surface area contributed by atoms with Crippen LogP contribution in [0.4, 0.5) is 18.9 Å². The number of imidazole rings is 1. The van der Waals surface area contributed by atoms with E-state index in [1.54, 1.807) is 54.3 Å². The fourth-order valence-electron chi connectivity index (χ4n) is 5.74. The van der Waals surface area contributed by atoms with Crippen molar-refractivity contribution in [2.45, 2.75) is 51.0 Å². The van der Waals surface area contributed by atoms with Gasteiger partial charge in [-0.25, -0.2) is 4.98 Å². The molecule has 1 saturated heterocycles. The molecule has 1 aliphatic heterocycles. The van der Waals surface area contributed by atoms with Crippen LogP contribution in [0.25, 0.3) is 11.3 Å². The Morgan fingerprint density at radius 3 is 2.57 bits per heavy atom. The predicted molar refractivity (Wildman–Crippen MR) is 184 cm³/mol. The molecule has 1 aromatic heterocycles. The van der Waals surface area contributed by atoms with Gasteiger partial charge in [-0.05, 0) is 86.0 Å². The van der Waals surface area contributed by atoms with E-state index in [-0.39, 0.29) is 30.7 Å². The molecule has 1 unspecified atom stereocenters. The number of ether oxygens (including phenoxy) is 1. The van der Waals surface area contributed by atoms with Gasteiger partial charge in [-0.1, -0.05) is 12.1 Å². The normalized spacial score (nSPS) is 14.7. The monoisotopic (exact) mass is 704 g/mol. The fraction of sp³-hybridized carbons (Fsp3) is 0.324. The van der Waals surface area contributed by atoms with Gasteiger partial charge in [0.05, 0.1) is 30.2 Å². The highest BCUT2D eigenvalue weighted by Crippen LogP contribution is 2.31. The molecule has 268 valence electrons. The summed E-state index contributed by atoms with van der Waals surface area (Å²) in [5, 5.41) is 8.54. The lowest BCUT2D eigenvalue weighted by Gasteiger charge is -2.30. The van der Waals surface area contributed by atoms with E-state index in [2.05, 4.69) is 20.9 Å². The maximum Gasteiger partial charge on any atom is 0.416 e. The van der Waals surface area contributed by atoms with E-state index < -0.39 is 17.8 Å². The summed E-state index contributed by atoms with van der Waals surface area (Å²) in [7, 11) is 3.60. The van der Waals surface area contributed by atoms with Crippen LogP contribution in [0.5, 0.6) is 5.75 Å². The van der Waals surface area contributed by atoms with Gasteiger partial charge < -0.3 is 19.9 Å². The van der Waals surface area contributed by atoms with Crippen molar-refractivity contribution in [1.29, 1.82) is 0 Å². The standard InChI is InChI=1S/C37H39F3N6O5/c1-45-21-32(43-23-45)30-18-25(8-12-31(30)42-19-24-5-9-28(10-6-24)37(38,39)40)35(49)41-15-3-4-16-51-29-11-7-26(22-47)27(17-29)20-46(2)33-13-14-34(48)44-36(33)50/h5-12,17-18,21-23,33,42H,3-4,13-16,19-20H2,1-2H3,(H,41,49)(H,44,48,50). The first-order valence-electron chi connectivity index (χ1n) is 16.5. The van der Waals surface area contributed by atoms with Crippen LogP contribution < -0.4 is 20.7 Å². The lowest BCUT2D eigenvalue weighted by Crippen LogP contribution is -2.51. The molecule has 0 spiro atoms. The van der Waals surface area contributed by atoms with Crippen LogP contribution in [-0.2, 0) is 35.9 Å². The summed E-state index contributed by atoms with van der Waals surface area (Å²) in [6, 6.07) is 14.8. The number of carbonyl (C=O) groups excluding carboxylic acids is 4. The van der Waals surface area contributed by atoms with Crippen molar-refractivity contribution in [3.05, 3.63) is 101 Å². The number of aryl methyl sites for hydroxylation is 1. The number of nitrogens with one attached hydrogen (secondary N) is 3. The van der Waals surface area contributed by atoms with E-state index >= 15 is 0 Å². The van der Waals surface area contributed by atoms with Gasteiger partial charge >= 0.3 is 6.18 Å². The number of amides is 3. The Balaban J connectivity index is 1.12. The van der Waals surface area contributed by atoms with E-state index in [4.69, 9.17) is 4.74 Å². The number of benzene rings is 3. The van der Waals surface area contributed by atoms with Gasteiger partial charge in [0, 0.05) is 61.7 Å². The number of imide groups is 1. The van der Waals surface area contributed by atoms with Crippen molar-refractivity contribution in [3.8, 4) is 17.0 Å². The molecule has 0 saturated carbocycles. The van der Waals surface area contributed by atoms with Crippen molar-refractivity contribution < 1.29 is 37.1 Å². The number of halogens is 3. The van der Waals surface area contributed by atoms with E-state index in [0.29, 0.717) is 83.9 Å². The van der Waals surface area contributed by atoms with Gasteiger partial charge in [-0.2, -0.15) is 13.2 Å². The Hall–Kier alpha value is -5.50. The molecule has 1 aliphatic rings. The minimum Gasteiger partial charge on any atom is -0.494 e. The van der Waals surface area contributed by atoms with E-state index in [1.807, 2.05) is 18.1 Å². The molecule has 3 amide bonds. The van der Waals surface area contributed by atoms with Gasteiger partial charge in [0.15, 0.2) is 0 Å². The number of hydrogen-bond acceptors (Lipinski definition) is 8. The van der Waals surface area contributed by atoms with Crippen LogP contribution in [0.3, 0.4) is 0 Å². The Kier molecular flexibility index (Phi) is 11.9. The van der Waals surface area contributed by atoms with Crippen molar-refractivity contribution >= 4 is 29.7 Å². The van der Waals surface area contributed by atoms with Gasteiger partial charge in [0.25, 0.3) is 5.91 Å². The summed E-state index contributed by atoms with van der Waals surface area (Å²) in [5.74, 6) is -0.329. The number of rotatable bonds is 15. The number of aldehydes is 1. The summed E-state index contributed by atoms with van der Waals surface area (Å²) in [4.78, 5) is 54.7. The SMILES string of the molecule is CN(Cc1cc(OCCCCNC(=O)c2ccc(NCc3ccc(C(F)(F)F)cc3)c(-c3cn(C)cn3)c2)ccc1C=O)C1CCC(=O)NC1=O. The Bertz CT molecular complexity index is 1880. The molecule has 51 heavy (non-hydrogen) atoms. The molecule has 4 aromatic rings. The lowest BCUT2D eigenvalue weighted by atomic mass is 10.0. The number of unbranched alkanes of at least 4 members (excludes halogenated alkanes) is 1. The van der Waals surface area contributed by atoms with Crippen molar-refractivity contribution in [2.24, 2.45) is 7.05 Å². The first kappa shape index (κ1) is 36.8. The number of nitrogens with zero attached hydrogens (tertiary/aromatic N) is 3. The molecule has 3 aromatic carbocycles. The number of hydrogen-bond donors (Lipinski definition) is 3. The number of aromatic nitrogens is 2. The highest BCUT2D eigenvalue weighted by molar-refractivity contribution is 6.00. The zero-order valence-electron chi connectivity index (χ0n) is 28.3. The third-order valence-corrected chi connectivity index (χ3v) is 8.56. The highest BCUT2D eigenvalue weighted by atomic mass is 19.4. The third-order valence-electron chi connectivity index (χ3n) is 8.56. The quantitative estimate of drug-likeness (QED) is 0.0857. The minimum atomic E-state index is -4.40. The van der Waals surface area contributed by atoms with Crippen LogP contribution >= 0.6 is 0 Å². The smallest absolute Gasteiger partial charge is 0.416 e. The molecule has 11 nitrogen and oxygen atoms in total. The molecule has 1 fully saturated rings. The number of piperidine rings is 1. The number of anilines is 1. The van der Waals surface area contributed by atoms with E-state index in [9.17, 15) is 32.3 Å². The van der Waals surface area contributed by atoms with Gasteiger partial charge in [-0.3, -0.25) is 29.4 Å². The third kappa shape index (κ3) is 9.81. The number of likely N-dealkylation sites (N-methyl/N-ethyl adjacent to an activating group) is 1. The van der Waals surface area contributed by atoms with E-state index in [1.165, 1.54) is 12.1 Å².